The Labute approximate surface area is 135 Å². The minimum Gasteiger partial charge on any atom is -0.490 e. The minimum absolute atomic E-state index is 0.0701. The summed E-state index contributed by atoms with van der Waals surface area (Å²) < 4.78 is 11.3. The van der Waals surface area contributed by atoms with Crippen molar-refractivity contribution >= 4 is 11.6 Å². The molecule has 23 heavy (non-hydrogen) atoms. The predicted octanol–water partition coefficient (Wildman–Crippen LogP) is 3.22. The van der Waals surface area contributed by atoms with Crippen molar-refractivity contribution in [2.45, 2.75) is 20.3 Å². The fraction of sp³-hybridized carbons (Fsp3) is 0.333. The number of benzene rings is 1. The highest BCUT2D eigenvalue weighted by atomic mass is 16.5. The molecule has 0 aliphatic carbocycles. The number of carbonyl (C=O) groups excluding carboxylic acids is 1. The van der Waals surface area contributed by atoms with Gasteiger partial charge >= 0.3 is 0 Å². The van der Waals surface area contributed by atoms with Crippen molar-refractivity contribution in [3.63, 3.8) is 0 Å². The average Bonchev–Trinajstić information content (AvgIpc) is 2.81. The second-order valence-electron chi connectivity index (χ2n) is 5.37. The molecule has 0 N–H and O–H groups in total. The second-order valence-corrected chi connectivity index (χ2v) is 5.37. The van der Waals surface area contributed by atoms with Gasteiger partial charge < -0.3 is 14.4 Å². The number of nitrogens with zero attached hydrogens (tertiary/aromatic N) is 2. The highest BCUT2D eigenvalue weighted by Gasteiger charge is 2.20. The molecule has 0 saturated carbocycles. The molecule has 0 radical (unpaired) electrons. The lowest BCUT2D eigenvalue weighted by Gasteiger charge is -2.22. The zero-order valence-corrected chi connectivity index (χ0v) is 13.4. The molecule has 2 aromatic rings. The van der Waals surface area contributed by atoms with Gasteiger partial charge in [0.05, 0.1) is 24.6 Å². The Hall–Kier alpha value is -2.56. The van der Waals surface area contributed by atoms with Crippen LogP contribution in [0, 0.1) is 6.92 Å². The molecule has 5 nitrogen and oxygen atoms in total. The van der Waals surface area contributed by atoms with Crippen LogP contribution in [0.4, 0.5) is 5.69 Å². The van der Waals surface area contributed by atoms with Gasteiger partial charge in [0.1, 0.15) is 0 Å². The van der Waals surface area contributed by atoms with E-state index in [-0.39, 0.29) is 5.91 Å². The zero-order valence-electron chi connectivity index (χ0n) is 13.4. The van der Waals surface area contributed by atoms with Crippen LogP contribution < -0.4 is 14.4 Å². The van der Waals surface area contributed by atoms with E-state index in [0.717, 1.165) is 17.8 Å². The van der Waals surface area contributed by atoms with E-state index in [4.69, 9.17) is 9.47 Å². The van der Waals surface area contributed by atoms with Gasteiger partial charge in [0.25, 0.3) is 5.91 Å². The Bertz CT molecular complexity index is 715. The number of pyridine rings is 1. The fourth-order valence-corrected chi connectivity index (χ4v) is 2.64. The standard InChI is InChI=1S/C18H20N2O3/c1-3-20(15-6-4-9-19-13(15)2)18(21)14-7-8-16-17(12-14)23-11-5-10-22-16/h4,6-9,12H,3,5,10-11H2,1-2H3. The van der Waals surface area contributed by atoms with Gasteiger partial charge in [-0.1, -0.05) is 0 Å². The van der Waals surface area contributed by atoms with E-state index in [0.29, 0.717) is 36.8 Å². The molecular formula is C18H20N2O3. The Morgan fingerprint density at radius 2 is 2.00 bits per heavy atom. The van der Waals surface area contributed by atoms with Crippen molar-refractivity contribution in [3.05, 3.63) is 47.8 Å². The molecule has 0 bridgehead atoms. The molecule has 5 heteroatoms. The zero-order chi connectivity index (χ0) is 16.2. The van der Waals surface area contributed by atoms with Crippen LogP contribution in [0.15, 0.2) is 36.5 Å². The lowest BCUT2D eigenvalue weighted by molar-refractivity contribution is 0.0987. The third kappa shape index (κ3) is 3.13. The average molecular weight is 312 g/mol. The summed E-state index contributed by atoms with van der Waals surface area (Å²) in [7, 11) is 0. The second kappa shape index (κ2) is 6.69. The van der Waals surface area contributed by atoms with Crippen molar-refractivity contribution in [1.82, 2.24) is 4.98 Å². The maximum Gasteiger partial charge on any atom is 0.258 e. The third-order valence-electron chi connectivity index (χ3n) is 3.83. The van der Waals surface area contributed by atoms with Gasteiger partial charge in [0.15, 0.2) is 11.5 Å². The summed E-state index contributed by atoms with van der Waals surface area (Å²) in [5, 5.41) is 0. The van der Waals surface area contributed by atoms with E-state index in [9.17, 15) is 4.79 Å². The monoisotopic (exact) mass is 312 g/mol. The highest BCUT2D eigenvalue weighted by molar-refractivity contribution is 6.06. The van der Waals surface area contributed by atoms with Crippen LogP contribution in [0.25, 0.3) is 0 Å². The van der Waals surface area contributed by atoms with Crippen LogP contribution in [0.5, 0.6) is 11.5 Å². The number of ether oxygens (including phenoxy) is 2. The molecule has 0 spiro atoms. The summed E-state index contributed by atoms with van der Waals surface area (Å²) in [6, 6.07) is 9.10. The van der Waals surface area contributed by atoms with Crippen LogP contribution >= 0.6 is 0 Å². The van der Waals surface area contributed by atoms with E-state index in [2.05, 4.69) is 4.98 Å². The minimum atomic E-state index is -0.0701. The van der Waals surface area contributed by atoms with Gasteiger partial charge in [-0.3, -0.25) is 9.78 Å². The lowest BCUT2D eigenvalue weighted by Crippen LogP contribution is -2.31. The van der Waals surface area contributed by atoms with Crippen molar-refractivity contribution in [2.75, 3.05) is 24.7 Å². The van der Waals surface area contributed by atoms with Crippen molar-refractivity contribution < 1.29 is 14.3 Å². The van der Waals surface area contributed by atoms with E-state index in [1.54, 1.807) is 29.3 Å². The van der Waals surface area contributed by atoms with E-state index in [1.165, 1.54) is 0 Å². The molecule has 3 rings (SSSR count). The van der Waals surface area contributed by atoms with Crippen LogP contribution in [0.1, 0.15) is 29.4 Å². The Balaban J connectivity index is 1.92. The Kier molecular flexibility index (Phi) is 4.46. The normalized spacial score (nSPS) is 13.3. The van der Waals surface area contributed by atoms with Crippen LogP contribution in [0.2, 0.25) is 0 Å². The number of rotatable bonds is 3. The quantitative estimate of drug-likeness (QED) is 0.873. The molecule has 0 saturated heterocycles. The molecule has 1 aliphatic rings. The first-order valence-electron chi connectivity index (χ1n) is 7.84. The number of aromatic nitrogens is 1. The summed E-state index contributed by atoms with van der Waals surface area (Å²) in [4.78, 5) is 18.9. The van der Waals surface area contributed by atoms with Crippen LogP contribution in [0.3, 0.4) is 0 Å². The van der Waals surface area contributed by atoms with Gasteiger partial charge in [-0.15, -0.1) is 0 Å². The molecule has 1 aromatic carbocycles. The van der Waals surface area contributed by atoms with Crippen molar-refractivity contribution in [3.8, 4) is 11.5 Å². The highest BCUT2D eigenvalue weighted by Crippen LogP contribution is 2.31. The summed E-state index contributed by atoms with van der Waals surface area (Å²) in [5.41, 5.74) is 2.24. The van der Waals surface area contributed by atoms with Crippen molar-refractivity contribution in [1.29, 1.82) is 0 Å². The first-order chi connectivity index (χ1) is 11.2. The van der Waals surface area contributed by atoms with Gasteiger partial charge in [-0.05, 0) is 44.2 Å². The summed E-state index contributed by atoms with van der Waals surface area (Å²) in [6.07, 6.45) is 2.57. The summed E-state index contributed by atoms with van der Waals surface area (Å²) in [5.74, 6) is 1.26. The smallest absolute Gasteiger partial charge is 0.258 e. The topological polar surface area (TPSA) is 51.7 Å². The number of hydrogen-bond donors (Lipinski definition) is 0. The molecule has 1 amide bonds. The third-order valence-corrected chi connectivity index (χ3v) is 3.83. The molecule has 1 aliphatic heterocycles. The SMILES string of the molecule is CCN(C(=O)c1ccc2c(c1)OCCCO2)c1cccnc1C. The van der Waals surface area contributed by atoms with Gasteiger partial charge in [-0.2, -0.15) is 0 Å². The van der Waals surface area contributed by atoms with E-state index in [1.807, 2.05) is 26.0 Å². The Morgan fingerprint density at radius 1 is 1.22 bits per heavy atom. The maximum atomic E-state index is 12.9. The largest absolute Gasteiger partial charge is 0.490 e. The molecule has 1 aromatic heterocycles. The van der Waals surface area contributed by atoms with Gasteiger partial charge in [-0.25, -0.2) is 0 Å². The molecule has 120 valence electrons. The van der Waals surface area contributed by atoms with E-state index >= 15 is 0 Å². The number of amides is 1. The van der Waals surface area contributed by atoms with Crippen LogP contribution in [-0.2, 0) is 0 Å². The van der Waals surface area contributed by atoms with E-state index < -0.39 is 0 Å². The fourth-order valence-electron chi connectivity index (χ4n) is 2.64. The van der Waals surface area contributed by atoms with Crippen LogP contribution in [-0.4, -0.2) is 30.6 Å². The number of carbonyl (C=O) groups is 1. The summed E-state index contributed by atoms with van der Waals surface area (Å²) >= 11 is 0. The predicted molar refractivity (Wildman–Crippen MR) is 88.4 cm³/mol. The Morgan fingerprint density at radius 3 is 2.74 bits per heavy atom. The summed E-state index contributed by atoms with van der Waals surface area (Å²) in [6.45, 7) is 5.66. The molecular weight excluding hydrogens is 292 g/mol. The first-order valence-corrected chi connectivity index (χ1v) is 7.84. The van der Waals surface area contributed by atoms with Gasteiger partial charge in [0, 0.05) is 24.7 Å². The first kappa shape index (κ1) is 15.3. The number of fused-ring (bicyclic) bond motifs is 1. The molecule has 0 unspecified atom stereocenters. The number of aryl methyl sites for hydroxylation is 1. The van der Waals surface area contributed by atoms with Crippen molar-refractivity contribution in [2.24, 2.45) is 0 Å². The number of hydrogen-bond acceptors (Lipinski definition) is 4. The number of anilines is 1. The lowest BCUT2D eigenvalue weighted by atomic mass is 10.1. The molecule has 0 fully saturated rings. The molecule has 2 heterocycles. The maximum absolute atomic E-state index is 12.9. The molecule has 0 atom stereocenters. The van der Waals surface area contributed by atoms with Gasteiger partial charge in [0.2, 0.25) is 0 Å².